The predicted molar refractivity (Wildman–Crippen MR) is 158 cm³/mol. The van der Waals surface area contributed by atoms with Gasteiger partial charge in [0.2, 0.25) is 0 Å². The first kappa shape index (κ1) is 31.8. The van der Waals surface area contributed by atoms with Crippen molar-refractivity contribution in [2.24, 2.45) is 10.8 Å². The molecule has 0 bridgehead atoms. The molecule has 5 nitrogen and oxygen atoms in total. The maximum absolute atomic E-state index is 13.9. The number of carboxylic acid groups (broad SMARTS) is 2. The number of rotatable bonds is 9. The van der Waals surface area contributed by atoms with Crippen molar-refractivity contribution in [2.75, 3.05) is 6.61 Å². The maximum atomic E-state index is 13.9. The lowest BCUT2D eigenvalue weighted by molar-refractivity contribution is -0.159. The average molecular weight is 619 g/mol. The molecule has 10 heteroatoms. The fourth-order valence-electron chi connectivity index (χ4n) is 7.31. The van der Waals surface area contributed by atoms with Crippen molar-refractivity contribution in [3.63, 3.8) is 0 Å². The van der Waals surface area contributed by atoms with Gasteiger partial charge in [-0.3, -0.25) is 9.59 Å². The van der Waals surface area contributed by atoms with Crippen LogP contribution in [0, 0.1) is 10.8 Å². The summed E-state index contributed by atoms with van der Waals surface area (Å²) < 4.78 is 48.7. The summed E-state index contributed by atoms with van der Waals surface area (Å²) in [6, 6.07) is 22.5. The van der Waals surface area contributed by atoms with Gasteiger partial charge in [-0.2, -0.15) is 13.2 Å². The van der Waals surface area contributed by atoms with Crippen LogP contribution in [0.5, 0.6) is 0 Å². The highest BCUT2D eigenvalue weighted by molar-refractivity contribution is 6.99. The molecular weight excluding hydrogens is 585 g/mol. The molecule has 1 fully saturated rings. The van der Waals surface area contributed by atoms with Crippen LogP contribution in [0.15, 0.2) is 78.9 Å². The Hall–Kier alpha value is -3.14. The highest BCUT2D eigenvalue weighted by atomic mass is 35.5. The van der Waals surface area contributed by atoms with Crippen molar-refractivity contribution in [3.05, 3.63) is 95.0 Å². The number of halogens is 4. The lowest BCUT2D eigenvalue weighted by atomic mass is 9.81. The van der Waals surface area contributed by atoms with Crippen LogP contribution in [0.4, 0.5) is 13.2 Å². The number of aliphatic carboxylic acids is 2. The average Bonchev–Trinajstić information content (AvgIpc) is 3.37. The minimum absolute atomic E-state index is 0.0555. The number of carbonyl (C=O) groups is 2. The molecule has 1 aliphatic rings. The van der Waals surface area contributed by atoms with Gasteiger partial charge in [0, 0.05) is 17.4 Å². The summed E-state index contributed by atoms with van der Waals surface area (Å²) in [4.78, 5) is 25.6. The van der Waals surface area contributed by atoms with Crippen molar-refractivity contribution >= 4 is 42.2 Å². The molecule has 2 N–H and O–H groups in total. The number of hydrogen-bond donors (Lipinski definition) is 2. The maximum Gasteiger partial charge on any atom is 0.417 e. The third-order valence-electron chi connectivity index (χ3n) is 9.20. The number of carboxylic acids is 2. The molecule has 1 unspecified atom stereocenters. The van der Waals surface area contributed by atoms with Gasteiger partial charge in [0.25, 0.3) is 8.32 Å². The first-order valence-electron chi connectivity index (χ1n) is 13.5. The Morgan fingerprint density at radius 1 is 0.857 bits per heavy atom. The minimum atomic E-state index is -4.83. The van der Waals surface area contributed by atoms with Crippen LogP contribution in [0.3, 0.4) is 0 Å². The fourth-order valence-corrected chi connectivity index (χ4v) is 12.1. The summed E-state index contributed by atoms with van der Waals surface area (Å²) >= 11 is 5.90. The molecule has 3 aromatic carbocycles. The molecule has 0 heterocycles. The third-order valence-corrected chi connectivity index (χ3v) is 14.6. The monoisotopic (exact) mass is 618 g/mol. The predicted octanol–water partition coefficient (Wildman–Crippen LogP) is 6.76. The number of alkyl halides is 3. The van der Waals surface area contributed by atoms with E-state index in [0.29, 0.717) is 0 Å². The van der Waals surface area contributed by atoms with E-state index in [4.69, 9.17) is 16.0 Å². The second kappa shape index (κ2) is 10.5. The summed E-state index contributed by atoms with van der Waals surface area (Å²) in [6.07, 6.45) is -4.98. The van der Waals surface area contributed by atoms with E-state index in [0.717, 1.165) is 22.5 Å². The highest BCUT2D eigenvalue weighted by Crippen LogP contribution is 2.80. The normalized spacial score (nSPS) is 19.7. The lowest BCUT2D eigenvalue weighted by Gasteiger charge is -2.43. The van der Waals surface area contributed by atoms with Gasteiger partial charge in [-0.25, -0.2) is 0 Å². The van der Waals surface area contributed by atoms with Crippen LogP contribution in [0.1, 0.15) is 52.2 Å². The van der Waals surface area contributed by atoms with Crippen LogP contribution < -0.4 is 10.4 Å². The Morgan fingerprint density at radius 3 is 1.71 bits per heavy atom. The fraction of sp³-hybridized carbons (Fsp3) is 0.375. The van der Waals surface area contributed by atoms with Gasteiger partial charge < -0.3 is 14.6 Å². The molecule has 224 valence electrons. The minimum Gasteiger partial charge on any atom is -0.480 e. The number of benzene rings is 3. The van der Waals surface area contributed by atoms with Crippen LogP contribution >= 0.6 is 11.6 Å². The second-order valence-electron chi connectivity index (χ2n) is 12.3. The smallest absolute Gasteiger partial charge is 0.417 e. The molecule has 0 aliphatic heterocycles. The van der Waals surface area contributed by atoms with Gasteiger partial charge in [0.15, 0.2) is 5.41 Å². The second-order valence-corrected chi connectivity index (χ2v) is 17.1. The zero-order valence-corrected chi connectivity index (χ0v) is 25.8. The summed E-state index contributed by atoms with van der Waals surface area (Å²) in [5.74, 6) is -3.23. The van der Waals surface area contributed by atoms with Crippen molar-refractivity contribution in [3.8, 4) is 0 Å². The van der Waals surface area contributed by atoms with Gasteiger partial charge >= 0.3 is 18.1 Å². The molecule has 1 atom stereocenters. The SMILES string of the molecule is CC1(C)C(C(=O)O)(C(=O)O)C1(CCO[Si](c1ccccc1)(c1ccccc1)C(C)(C)C)c1ccc(Cl)c(C(F)(F)F)c1. The lowest BCUT2D eigenvalue weighted by Crippen LogP contribution is -2.66. The van der Waals surface area contributed by atoms with Crippen molar-refractivity contribution in [1.82, 2.24) is 0 Å². The Balaban J connectivity index is 1.90. The molecule has 1 saturated carbocycles. The largest absolute Gasteiger partial charge is 0.480 e. The van der Waals surface area contributed by atoms with Crippen molar-refractivity contribution in [2.45, 2.75) is 57.7 Å². The van der Waals surface area contributed by atoms with E-state index >= 15 is 0 Å². The van der Waals surface area contributed by atoms with E-state index in [2.05, 4.69) is 20.8 Å². The molecule has 3 aromatic rings. The van der Waals surface area contributed by atoms with E-state index < -0.39 is 58.3 Å². The van der Waals surface area contributed by atoms with E-state index in [1.165, 1.54) is 19.9 Å². The quantitative estimate of drug-likeness (QED) is 0.205. The Bertz CT molecular complexity index is 1430. The Kier molecular flexibility index (Phi) is 7.98. The van der Waals surface area contributed by atoms with Gasteiger partial charge in [-0.05, 0) is 39.5 Å². The zero-order chi connectivity index (χ0) is 31.4. The summed E-state index contributed by atoms with van der Waals surface area (Å²) in [5, 5.41) is 21.7. The van der Waals surface area contributed by atoms with E-state index in [1.54, 1.807) is 0 Å². The molecule has 0 spiro atoms. The van der Waals surface area contributed by atoms with Gasteiger partial charge in [0.1, 0.15) is 0 Å². The molecular formula is C32H34ClF3O5Si. The Morgan fingerprint density at radius 2 is 1.33 bits per heavy atom. The Labute approximate surface area is 249 Å². The summed E-state index contributed by atoms with van der Waals surface area (Å²) in [7, 11) is -3.12. The van der Waals surface area contributed by atoms with Crippen molar-refractivity contribution in [1.29, 1.82) is 0 Å². The molecule has 42 heavy (non-hydrogen) atoms. The first-order chi connectivity index (χ1) is 19.4. The van der Waals surface area contributed by atoms with E-state index in [9.17, 15) is 33.0 Å². The highest BCUT2D eigenvalue weighted by Gasteiger charge is 2.90. The van der Waals surface area contributed by atoms with Crippen LogP contribution in [0.25, 0.3) is 0 Å². The standard InChI is InChI=1S/C32H34ClF3O5Si/c1-28(2,3)42(22-12-8-6-9-13-22,23-14-10-7-11-15-23)41-19-18-30(29(4,5)31(30,26(37)38)27(39)40)21-16-17-25(33)24(20-21)32(34,35)36/h6-17,20H,18-19H2,1-5H3,(H,37,38)(H,39,40). The van der Waals surface area contributed by atoms with Gasteiger partial charge in [-0.15, -0.1) is 0 Å². The van der Waals surface area contributed by atoms with Crippen LogP contribution in [-0.2, 0) is 25.6 Å². The van der Waals surface area contributed by atoms with Crippen LogP contribution in [-0.4, -0.2) is 37.1 Å². The first-order valence-corrected chi connectivity index (χ1v) is 15.8. The van der Waals surface area contributed by atoms with Gasteiger partial charge in [-0.1, -0.05) is 113 Å². The molecule has 0 radical (unpaired) electrons. The molecule has 1 aliphatic carbocycles. The molecule has 0 amide bonds. The number of hydrogen-bond acceptors (Lipinski definition) is 3. The van der Waals surface area contributed by atoms with Gasteiger partial charge in [0.05, 0.1) is 10.6 Å². The van der Waals surface area contributed by atoms with Crippen molar-refractivity contribution < 1.29 is 37.4 Å². The topological polar surface area (TPSA) is 83.8 Å². The summed E-state index contributed by atoms with van der Waals surface area (Å²) in [5.41, 5.74) is -6.80. The molecule has 0 aromatic heterocycles. The summed E-state index contributed by atoms with van der Waals surface area (Å²) in [6.45, 7) is 9.03. The zero-order valence-electron chi connectivity index (χ0n) is 24.1. The van der Waals surface area contributed by atoms with E-state index in [1.807, 2.05) is 60.7 Å². The molecule has 0 saturated heterocycles. The van der Waals surface area contributed by atoms with Crippen LogP contribution in [0.2, 0.25) is 10.1 Å². The van der Waals surface area contributed by atoms with E-state index in [-0.39, 0.29) is 18.6 Å². The molecule has 4 rings (SSSR count). The third kappa shape index (κ3) is 4.39.